The van der Waals surface area contributed by atoms with E-state index >= 15 is 0 Å². The molecule has 1 N–H and O–H groups in total. The third-order valence-electron chi connectivity index (χ3n) is 3.85. The van der Waals surface area contributed by atoms with Gasteiger partial charge in [0.2, 0.25) is 0 Å². The van der Waals surface area contributed by atoms with Crippen molar-refractivity contribution in [1.82, 2.24) is 9.80 Å². The highest BCUT2D eigenvalue weighted by Gasteiger charge is 2.31. The minimum atomic E-state index is -0.268. The number of carbonyl (C=O) groups is 1. The molecule has 21 heavy (non-hydrogen) atoms. The van der Waals surface area contributed by atoms with Crippen LogP contribution in [0.1, 0.15) is 23.2 Å². The average molecular weight is 355 g/mol. The van der Waals surface area contributed by atoms with Crippen LogP contribution in [0.5, 0.6) is 0 Å². The number of aliphatic hydroxyl groups is 1. The van der Waals surface area contributed by atoms with Crippen molar-refractivity contribution in [2.24, 2.45) is 0 Å². The van der Waals surface area contributed by atoms with Crippen LogP contribution in [-0.4, -0.2) is 66.6 Å². The number of Topliss-reactive ketones (excluding diaryl/α,β-unsaturated/α-hetero) is 1. The highest BCUT2D eigenvalue weighted by atomic mass is 79.9. The molecule has 0 aliphatic carbocycles. The quantitative estimate of drug-likeness (QED) is 0.793. The number of hydrogen-bond acceptors (Lipinski definition) is 4. The van der Waals surface area contributed by atoms with Crippen LogP contribution < -0.4 is 0 Å². The molecule has 1 aromatic carbocycles. The molecule has 0 aromatic heterocycles. The van der Waals surface area contributed by atoms with Gasteiger partial charge in [0.25, 0.3) is 0 Å². The standard InChI is InChI=1S/C16H23BrN2O2/c1-18(2)10-14-9-15(20)11-19(14)7-6-16(21)12-4-3-5-13(17)8-12/h3-5,8,14-15,20H,6-7,9-11H2,1-2H3. The van der Waals surface area contributed by atoms with Crippen LogP contribution in [0.2, 0.25) is 0 Å². The summed E-state index contributed by atoms with van der Waals surface area (Å²) in [7, 11) is 4.07. The predicted molar refractivity (Wildman–Crippen MR) is 87.6 cm³/mol. The maximum atomic E-state index is 12.2. The van der Waals surface area contributed by atoms with Gasteiger partial charge in [-0.2, -0.15) is 0 Å². The Hall–Kier alpha value is -0.750. The van der Waals surface area contributed by atoms with Gasteiger partial charge in [0, 0.05) is 42.1 Å². The van der Waals surface area contributed by atoms with Crippen molar-refractivity contribution in [3.8, 4) is 0 Å². The molecule has 1 aliphatic heterocycles. The van der Waals surface area contributed by atoms with Gasteiger partial charge in [-0.25, -0.2) is 0 Å². The Kier molecular flexibility index (Phi) is 5.93. The molecule has 4 nitrogen and oxygen atoms in total. The van der Waals surface area contributed by atoms with Crippen LogP contribution in [0.4, 0.5) is 0 Å². The summed E-state index contributed by atoms with van der Waals surface area (Å²) in [4.78, 5) is 16.6. The Bertz CT molecular complexity index is 493. The molecule has 5 heteroatoms. The Labute approximate surface area is 134 Å². The lowest BCUT2D eigenvalue weighted by atomic mass is 10.1. The molecule has 1 aliphatic rings. The molecule has 0 spiro atoms. The van der Waals surface area contributed by atoms with Crippen molar-refractivity contribution in [3.63, 3.8) is 0 Å². The first kappa shape index (κ1) is 16.6. The van der Waals surface area contributed by atoms with Crippen LogP contribution in [0.3, 0.4) is 0 Å². The number of rotatable bonds is 6. The summed E-state index contributed by atoms with van der Waals surface area (Å²) < 4.78 is 0.926. The fraction of sp³-hybridized carbons (Fsp3) is 0.562. The largest absolute Gasteiger partial charge is 0.392 e. The molecule has 2 unspecified atom stereocenters. The van der Waals surface area contributed by atoms with Gasteiger partial charge in [-0.05, 0) is 32.6 Å². The van der Waals surface area contributed by atoms with Gasteiger partial charge in [0.15, 0.2) is 5.78 Å². The number of hydrogen-bond donors (Lipinski definition) is 1. The molecule has 1 saturated heterocycles. The number of likely N-dealkylation sites (N-methyl/N-ethyl adjacent to an activating group) is 1. The van der Waals surface area contributed by atoms with Gasteiger partial charge in [-0.3, -0.25) is 9.69 Å². The minimum Gasteiger partial charge on any atom is -0.392 e. The monoisotopic (exact) mass is 354 g/mol. The zero-order chi connectivity index (χ0) is 15.4. The Morgan fingerprint density at radius 3 is 2.90 bits per heavy atom. The third-order valence-corrected chi connectivity index (χ3v) is 4.35. The second-order valence-electron chi connectivity index (χ2n) is 5.98. The van der Waals surface area contributed by atoms with Crippen molar-refractivity contribution >= 4 is 21.7 Å². The topological polar surface area (TPSA) is 43.8 Å². The number of β-amino-alcohol motifs (C(OH)–C–C–N with tert-alkyl or cyclic N) is 1. The smallest absolute Gasteiger partial charge is 0.164 e. The van der Waals surface area contributed by atoms with E-state index in [4.69, 9.17) is 0 Å². The number of nitrogens with zero attached hydrogens (tertiary/aromatic N) is 2. The summed E-state index contributed by atoms with van der Waals surface area (Å²) in [6.45, 7) is 2.30. The van der Waals surface area contributed by atoms with E-state index in [0.29, 0.717) is 25.6 Å². The lowest BCUT2D eigenvalue weighted by Crippen LogP contribution is -2.38. The summed E-state index contributed by atoms with van der Waals surface area (Å²) in [6.07, 6.45) is 1.02. The average Bonchev–Trinajstić information content (AvgIpc) is 2.75. The molecule has 0 bridgehead atoms. The van der Waals surface area contributed by atoms with Crippen molar-refractivity contribution in [2.75, 3.05) is 33.7 Å². The summed E-state index contributed by atoms with van der Waals surface area (Å²) in [6, 6.07) is 7.85. The van der Waals surface area contributed by atoms with Gasteiger partial charge in [0.05, 0.1) is 6.10 Å². The highest BCUT2D eigenvalue weighted by Crippen LogP contribution is 2.20. The van der Waals surface area contributed by atoms with E-state index < -0.39 is 0 Å². The second kappa shape index (κ2) is 7.49. The number of likely N-dealkylation sites (tertiary alicyclic amines) is 1. The normalized spacial score (nSPS) is 22.9. The van der Waals surface area contributed by atoms with Crippen LogP contribution in [0.15, 0.2) is 28.7 Å². The summed E-state index contributed by atoms with van der Waals surface area (Å²) >= 11 is 3.39. The molecule has 1 aromatic rings. The van der Waals surface area contributed by atoms with Gasteiger partial charge < -0.3 is 10.0 Å². The Morgan fingerprint density at radius 2 is 2.24 bits per heavy atom. The lowest BCUT2D eigenvalue weighted by Gasteiger charge is -2.26. The van der Waals surface area contributed by atoms with Crippen molar-refractivity contribution in [1.29, 1.82) is 0 Å². The van der Waals surface area contributed by atoms with Crippen LogP contribution in [0, 0.1) is 0 Å². The molecular formula is C16H23BrN2O2. The van der Waals surface area contributed by atoms with E-state index in [2.05, 4.69) is 25.7 Å². The number of ketones is 1. The van der Waals surface area contributed by atoms with Gasteiger partial charge in [0.1, 0.15) is 0 Å². The Morgan fingerprint density at radius 1 is 1.48 bits per heavy atom. The molecule has 1 fully saturated rings. The molecule has 0 amide bonds. The molecular weight excluding hydrogens is 332 g/mol. The molecule has 0 radical (unpaired) electrons. The number of benzene rings is 1. The predicted octanol–water partition coefficient (Wildman–Crippen LogP) is 2.02. The van der Waals surface area contributed by atoms with Crippen molar-refractivity contribution < 1.29 is 9.90 Å². The van der Waals surface area contributed by atoms with Crippen LogP contribution in [-0.2, 0) is 0 Å². The first-order valence-corrected chi connectivity index (χ1v) is 8.10. The summed E-state index contributed by atoms with van der Waals surface area (Å²) in [5.74, 6) is 0.154. The molecule has 2 atom stereocenters. The highest BCUT2D eigenvalue weighted by molar-refractivity contribution is 9.10. The number of carbonyl (C=O) groups excluding carboxylic acids is 1. The van der Waals surface area contributed by atoms with Gasteiger partial charge >= 0.3 is 0 Å². The molecule has 0 saturated carbocycles. The van der Waals surface area contributed by atoms with Crippen molar-refractivity contribution in [2.45, 2.75) is 25.0 Å². The zero-order valence-electron chi connectivity index (χ0n) is 12.6. The number of aliphatic hydroxyl groups excluding tert-OH is 1. The SMILES string of the molecule is CN(C)CC1CC(O)CN1CCC(=O)c1cccc(Br)c1. The van der Waals surface area contributed by atoms with Crippen LogP contribution >= 0.6 is 15.9 Å². The fourth-order valence-electron chi connectivity index (χ4n) is 2.89. The maximum absolute atomic E-state index is 12.2. The lowest BCUT2D eigenvalue weighted by molar-refractivity contribution is 0.0952. The maximum Gasteiger partial charge on any atom is 0.164 e. The van der Waals surface area contributed by atoms with E-state index in [-0.39, 0.29) is 11.9 Å². The van der Waals surface area contributed by atoms with Crippen LogP contribution in [0.25, 0.3) is 0 Å². The van der Waals surface area contributed by atoms with E-state index in [1.54, 1.807) is 0 Å². The summed E-state index contributed by atoms with van der Waals surface area (Å²) in [5.41, 5.74) is 0.744. The molecule has 116 valence electrons. The molecule has 2 rings (SSSR count). The van der Waals surface area contributed by atoms with E-state index in [1.165, 1.54) is 0 Å². The fourth-order valence-corrected chi connectivity index (χ4v) is 3.29. The third kappa shape index (κ3) is 4.88. The zero-order valence-corrected chi connectivity index (χ0v) is 14.2. The second-order valence-corrected chi connectivity index (χ2v) is 6.90. The minimum absolute atomic E-state index is 0.154. The first-order chi connectivity index (χ1) is 9.95. The van der Waals surface area contributed by atoms with Gasteiger partial charge in [-0.15, -0.1) is 0 Å². The van der Waals surface area contributed by atoms with E-state index in [0.717, 1.165) is 23.0 Å². The molecule has 1 heterocycles. The summed E-state index contributed by atoms with van der Waals surface area (Å²) in [5, 5.41) is 9.85. The van der Waals surface area contributed by atoms with E-state index in [9.17, 15) is 9.90 Å². The van der Waals surface area contributed by atoms with E-state index in [1.807, 2.05) is 38.4 Å². The van der Waals surface area contributed by atoms with Crippen molar-refractivity contribution in [3.05, 3.63) is 34.3 Å². The number of halogens is 1. The first-order valence-electron chi connectivity index (χ1n) is 7.31. The van der Waals surface area contributed by atoms with Gasteiger partial charge in [-0.1, -0.05) is 28.1 Å². The Balaban J connectivity index is 1.90.